The molecule has 28 heavy (non-hydrogen) atoms. The third-order valence-electron chi connectivity index (χ3n) is 5.25. The highest BCUT2D eigenvalue weighted by Crippen LogP contribution is 2.49. The number of likely N-dealkylation sites (N-methyl/N-ethyl adjacent to an activating group) is 1. The van der Waals surface area contributed by atoms with Gasteiger partial charge in [-0.15, -0.1) is 0 Å². The Balaban J connectivity index is 1.63. The highest BCUT2D eigenvalue weighted by atomic mass is 16.7. The quantitative estimate of drug-likeness (QED) is 0.690. The summed E-state index contributed by atoms with van der Waals surface area (Å²) in [6.45, 7) is 6.87. The van der Waals surface area contributed by atoms with Crippen LogP contribution in [-0.2, 0) is 19.7 Å². The lowest BCUT2D eigenvalue weighted by Gasteiger charge is -2.54. The SMILES string of the molecule is COC(OC)c1ccc2c(n1)NC1CC2(NCCN(C)C(=O)OC(C)(C)C)C1. The van der Waals surface area contributed by atoms with Gasteiger partial charge in [0.25, 0.3) is 0 Å². The van der Waals surface area contributed by atoms with Crippen LogP contribution in [0.1, 0.15) is 51.2 Å². The van der Waals surface area contributed by atoms with Gasteiger partial charge in [-0.25, -0.2) is 9.78 Å². The number of carbonyl (C=O) groups is 1. The molecule has 0 radical (unpaired) electrons. The normalized spacial score (nSPS) is 22.9. The number of amides is 1. The standard InChI is InChI=1S/C20H32N4O4/c1-19(2,3)28-18(25)24(4)10-9-21-20-11-13(12-20)22-16-14(20)7-8-15(23-16)17(26-5)27-6/h7-8,13,17,21H,9-12H2,1-6H3,(H,22,23). The molecular weight excluding hydrogens is 360 g/mol. The molecule has 0 saturated heterocycles. The molecule has 1 aromatic heterocycles. The Hall–Kier alpha value is -1.90. The molecule has 3 aliphatic rings. The van der Waals surface area contributed by atoms with Gasteiger partial charge in [0.05, 0.1) is 11.2 Å². The van der Waals surface area contributed by atoms with Gasteiger partial charge in [-0.3, -0.25) is 0 Å². The monoisotopic (exact) mass is 392 g/mol. The van der Waals surface area contributed by atoms with E-state index in [0.717, 1.165) is 29.9 Å². The Kier molecular flexibility index (Phi) is 5.84. The summed E-state index contributed by atoms with van der Waals surface area (Å²) in [5.41, 5.74) is 1.32. The number of nitrogens with one attached hydrogen (secondary N) is 2. The Bertz CT molecular complexity index is 709. The van der Waals surface area contributed by atoms with Gasteiger partial charge in [-0.1, -0.05) is 6.07 Å². The number of anilines is 1. The summed E-state index contributed by atoms with van der Waals surface area (Å²) in [7, 11) is 4.96. The Morgan fingerprint density at radius 1 is 1.36 bits per heavy atom. The van der Waals surface area contributed by atoms with E-state index in [4.69, 9.17) is 19.2 Å². The number of hydrogen-bond acceptors (Lipinski definition) is 7. The number of ether oxygens (including phenoxy) is 3. The van der Waals surface area contributed by atoms with Crippen LogP contribution in [0.15, 0.2) is 12.1 Å². The molecule has 2 aliphatic heterocycles. The fourth-order valence-electron chi connectivity index (χ4n) is 3.87. The van der Waals surface area contributed by atoms with Gasteiger partial charge in [0, 0.05) is 46.0 Å². The summed E-state index contributed by atoms with van der Waals surface area (Å²) in [6, 6.07) is 4.46. The van der Waals surface area contributed by atoms with E-state index in [1.54, 1.807) is 26.2 Å². The molecule has 8 nitrogen and oxygen atoms in total. The van der Waals surface area contributed by atoms with Crippen molar-refractivity contribution in [1.29, 1.82) is 0 Å². The van der Waals surface area contributed by atoms with Crippen LogP contribution < -0.4 is 10.6 Å². The van der Waals surface area contributed by atoms with E-state index in [0.29, 0.717) is 19.1 Å². The van der Waals surface area contributed by atoms with Gasteiger partial charge in [-0.2, -0.15) is 0 Å². The minimum atomic E-state index is -0.488. The molecule has 1 aromatic rings. The number of pyridine rings is 1. The second-order valence-electron chi connectivity index (χ2n) is 8.60. The third-order valence-corrected chi connectivity index (χ3v) is 5.25. The number of methoxy groups -OCH3 is 2. The smallest absolute Gasteiger partial charge is 0.410 e. The Morgan fingerprint density at radius 2 is 2.04 bits per heavy atom. The van der Waals surface area contributed by atoms with Crippen LogP contribution in [0, 0.1) is 0 Å². The molecule has 0 spiro atoms. The number of nitrogens with zero attached hydrogens (tertiary/aromatic N) is 2. The lowest BCUT2D eigenvalue weighted by atomic mass is 9.65. The van der Waals surface area contributed by atoms with E-state index in [9.17, 15) is 4.79 Å². The molecule has 1 aliphatic carbocycles. The van der Waals surface area contributed by atoms with Gasteiger partial charge in [0.1, 0.15) is 11.4 Å². The molecule has 1 saturated carbocycles. The first-order valence-electron chi connectivity index (χ1n) is 9.70. The molecular formula is C20H32N4O4. The highest BCUT2D eigenvalue weighted by Gasteiger charge is 2.51. The summed E-state index contributed by atoms with van der Waals surface area (Å²) < 4.78 is 16.0. The van der Waals surface area contributed by atoms with Crippen molar-refractivity contribution < 1.29 is 19.0 Å². The number of rotatable bonds is 7. The topological polar surface area (TPSA) is 85.0 Å². The van der Waals surface area contributed by atoms with Crippen LogP contribution in [0.25, 0.3) is 0 Å². The van der Waals surface area contributed by atoms with E-state index < -0.39 is 11.9 Å². The maximum atomic E-state index is 12.1. The van der Waals surface area contributed by atoms with Crippen molar-refractivity contribution in [3.05, 3.63) is 23.4 Å². The van der Waals surface area contributed by atoms with Crippen LogP contribution in [0.4, 0.5) is 10.6 Å². The van der Waals surface area contributed by atoms with Crippen molar-refractivity contribution in [1.82, 2.24) is 15.2 Å². The fourth-order valence-corrected chi connectivity index (χ4v) is 3.87. The second-order valence-corrected chi connectivity index (χ2v) is 8.60. The van der Waals surface area contributed by atoms with Gasteiger partial charge in [0.2, 0.25) is 6.29 Å². The van der Waals surface area contributed by atoms with Crippen molar-refractivity contribution in [3.8, 4) is 0 Å². The first-order chi connectivity index (χ1) is 13.2. The number of hydrogen-bond donors (Lipinski definition) is 2. The van der Waals surface area contributed by atoms with E-state index in [1.165, 1.54) is 0 Å². The lowest BCUT2D eigenvalue weighted by molar-refractivity contribution is -0.108. The van der Waals surface area contributed by atoms with Crippen LogP contribution in [0.3, 0.4) is 0 Å². The summed E-state index contributed by atoms with van der Waals surface area (Å²) >= 11 is 0. The van der Waals surface area contributed by atoms with E-state index >= 15 is 0 Å². The predicted molar refractivity (Wildman–Crippen MR) is 106 cm³/mol. The van der Waals surface area contributed by atoms with Crippen LogP contribution in [0.2, 0.25) is 0 Å². The zero-order chi connectivity index (χ0) is 20.5. The van der Waals surface area contributed by atoms with Gasteiger partial charge in [-0.05, 0) is 39.7 Å². The molecule has 1 amide bonds. The predicted octanol–water partition coefficient (Wildman–Crippen LogP) is 2.61. The van der Waals surface area contributed by atoms with E-state index in [-0.39, 0.29) is 11.6 Å². The maximum Gasteiger partial charge on any atom is 0.410 e. The van der Waals surface area contributed by atoms with Crippen molar-refractivity contribution in [3.63, 3.8) is 0 Å². The minimum Gasteiger partial charge on any atom is -0.444 e. The van der Waals surface area contributed by atoms with Crippen molar-refractivity contribution in [2.24, 2.45) is 0 Å². The van der Waals surface area contributed by atoms with Crippen molar-refractivity contribution >= 4 is 11.9 Å². The summed E-state index contributed by atoms with van der Waals surface area (Å²) in [5, 5.41) is 7.14. The summed E-state index contributed by atoms with van der Waals surface area (Å²) in [6.07, 6.45) is 1.24. The molecule has 2 bridgehead atoms. The molecule has 0 aromatic carbocycles. The molecule has 3 heterocycles. The first-order valence-corrected chi connectivity index (χ1v) is 9.70. The Morgan fingerprint density at radius 3 is 2.64 bits per heavy atom. The molecule has 1 fully saturated rings. The molecule has 0 unspecified atom stereocenters. The minimum absolute atomic E-state index is 0.0960. The van der Waals surface area contributed by atoms with Gasteiger partial charge in [0.15, 0.2) is 0 Å². The lowest BCUT2D eigenvalue weighted by Crippen LogP contribution is -2.61. The fraction of sp³-hybridized carbons (Fsp3) is 0.700. The van der Waals surface area contributed by atoms with Gasteiger partial charge >= 0.3 is 6.09 Å². The van der Waals surface area contributed by atoms with E-state index in [1.807, 2.05) is 26.8 Å². The molecule has 0 atom stereocenters. The molecule has 4 rings (SSSR count). The Labute approximate surface area is 166 Å². The molecule has 156 valence electrons. The van der Waals surface area contributed by atoms with Crippen molar-refractivity contribution in [2.75, 3.05) is 39.7 Å². The van der Waals surface area contributed by atoms with Crippen LogP contribution in [-0.4, -0.2) is 62.0 Å². The average Bonchev–Trinajstić information content (AvgIpc) is 2.60. The van der Waals surface area contributed by atoms with Crippen molar-refractivity contribution in [2.45, 2.75) is 57.1 Å². The van der Waals surface area contributed by atoms with Gasteiger partial charge < -0.3 is 29.7 Å². The zero-order valence-corrected chi connectivity index (χ0v) is 17.7. The van der Waals surface area contributed by atoms with Crippen LogP contribution >= 0.6 is 0 Å². The van der Waals surface area contributed by atoms with E-state index in [2.05, 4.69) is 16.7 Å². The highest BCUT2D eigenvalue weighted by molar-refractivity contribution is 5.67. The number of aromatic nitrogens is 1. The summed E-state index contributed by atoms with van der Waals surface area (Å²) in [5.74, 6) is 0.882. The largest absolute Gasteiger partial charge is 0.444 e. The second kappa shape index (κ2) is 7.85. The average molecular weight is 393 g/mol. The first kappa shape index (κ1) is 20.8. The third kappa shape index (κ3) is 4.24. The van der Waals surface area contributed by atoms with Crippen LogP contribution in [0.5, 0.6) is 0 Å². The molecule has 2 N–H and O–H groups in total. The summed E-state index contributed by atoms with van der Waals surface area (Å²) in [4.78, 5) is 18.4. The molecule has 8 heteroatoms. The zero-order valence-electron chi connectivity index (χ0n) is 17.7. The maximum absolute atomic E-state index is 12.1. The number of carbonyl (C=O) groups excluding carboxylic acids is 1.